The van der Waals surface area contributed by atoms with Gasteiger partial charge in [-0.1, -0.05) is 29.3 Å². The molecule has 1 aromatic rings. The molecule has 0 amide bonds. The lowest BCUT2D eigenvalue weighted by molar-refractivity contribution is -0.151. The van der Waals surface area contributed by atoms with Crippen LogP contribution in [0.3, 0.4) is 0 Å². The summed E-state index contributed by atoms with van der Waals surface area (Å²) in [7, 11) is 2.13. The van der Waals surface area contributed by atoms with Crippen molar-refractivity contribution >= 4 is 47.0 Å². The third-order valence-corrected chi connectivity index (χ3v) is 3.01. The van der Waals surface area contributed by atoms with Crippen molar-refractivity contribution < 1.29 is 23.9 Å². The highest BCUT2D eigenvalue weighted by atomic mass is 35.5. The molecule has 0 aromatic heterocycles. The molecule has 0 N–H and O–H groups in total. The van der Waals surface area contributed by atoms with Gasteiger partial charge in [0.1, 0.15) is 5.57 Å². The van der Waals surface area contributed by atoms with Crippen LogP contribution in [0.15, 0.2) is 23.8 Å². The van der Waals surface area contributed by atoms with E-state index < -0.39 is 23.3 Å². The number of halogens is 2. The number of esters is 2. The van der Waals surface area contributed by atoms with Crippen LogP contribution in [0, 0.1) is 0 Å². The summed E-state index contributed by atoms with van der Waals surface area (Å²) in [5.74, 6) is -3.22. The molecular formula is C13H10Cl2O5. The van der Waals surface area contributed by atoms with Gasteiger partial charge in [-0.2, -0.15) is 0 Å². The smallest absolute Gasteiger partial charge is 0.379 e. The molecule has 0 bridgehead atoms. The highest BCUT2D eigenvalue weighted by molar-refractivity contribution is 6.48. The predicted octanol–water partition coefficient (Wildman–Crippen LogP) is 2.29. The minimum Gasteiger partial charge on any atom is -0.465 e. The van der Waals surface area contributed by atoms with E-state index in [-0.39, 0.29) is 5.02 Å². The molecule has 0 saturated heterocycles. The molecule has 1 rings (SSSR count). The lowest BCUT2D eigenvalue weighted by atomic mass is 10.1. The van der Waals surface area contributed by atoms with Crippen LogP contribution in [0.4, 0.5) is 0 Å². The van der Waals surface area contributed by atoms with Crippen LogP contribution >= 0.6 is 23.2 Å². The van der Waals surface area contributed by atoms with E-state index in [4.69, 9.17) is 23.2 Å². The number of carbonyl (C=O) groups excluding carboxylic acids is 3. The zero-order valence-corrected chi connectivity index (χ0v) is 12.1. The number of methoxy groups -OCH3 is 2. The van der Waals surface area contributed by atoms with E-state index in [2.05, 4.69) is 9.47 Å². The fraction of sp³-hybridized carbons (Fsp3) is 0.154. The van der Waals surface area contributed by atoms with E-state index >= 15 is 0 Å². The first kappa shape index (κ1) is 16.2. The number of hydrogen-bond acceptors (Lipinski definition) is 5. The third-order valence-electron chi connectivity index (χ3n) is 2.28. The number of hydrogen-bond donors (Lipinski definition) is 0. The summed E-state index contributed by atoms with van der Waals surface area (Å²) in [5.41, 5.74) is -0.0465. The van der Waals surface area contributed by atoms with Gasteiger partial charge in [-0.3, -0.25) is 4.79 Å². The largest absolute Gasteiger partial charge is 0.465 e. The summed E-state index contributed by atoms with van der Waals surface area (Å²) >= 11 is 11.6. The quantitative estimate of drug-likeness (QED) is 0.280. The Kier molecular flexibility index (Phi) is 5.73. The fourth-order valence-electron chi connectivity index (χ4n) is 1.30. The maximum atomic E-state index is 11.7. The minimum atomic E-state index is -1.17. The van der Waals surface area contributed by atoms with Gasteiger partial charge in [0.25, 0.3) is 5.78 Å². The van der Waals surface area contributed by atoms with E-state index in [1.165, 1.54) is 24.3 Å². The zero-order valence-electron chi connectivity index (χ0n) is 10.6. The van der Waals surface area contributed by atoms with Crippen LogP contribution in [0.2, 0.25) is 10.0 Å². The number of Topliss-reactive ketones (excluding diaryl/α,β-unsaturated/α-hetero) is 1. The Labute approximate surface area is 125 Å². The maximum Gasteiger partial charge on any atom is 0.379 e. The molecule has 0 atom stereocenters. The molecule has 0 spiro atoms. The van der Waals surface area contributed by atoms with Crippen LogP contribution in [0.5, 0.6) is 0 Å². The summed E-state index contributed by atoms with van der Waals surface area (Å²) in [6, 6.07) is 4.46. The van der Waals surface area contributed by atoms with Crippen molar-refractivity contribution in [2.45, 2.75) is 0 Å². The normalized spacial score (nSPS) is 10.9. The van der Waals surface area contributed by atoms with Crippen LogP contribution in [-0.4, -0.2) is 31.9 Å². The average Bonchev–Trinajstić information content (AvgIpc) is 2.45. The summed E-state index contributed by atoms with van der Waals surface area (Å²) in [6.45, 7) is 0. The van der Waals surface area contributed by atoms with E-state index in [0.717, 1.165) is 14.2 Å². The second-order valence-electron chi connectivity index (χ2n) is 3.54. The van der Waals surface area contributed by atoms with Crippen molar-refractivity contribution in [2.24, 2.45) is 0 Å². The van der Waals surface area contributed by atoms with Gasteiger partial charge in [0, 0.05) is 0 Å². The van der Waals surface area contributed by atoms with E-state index in [0.29, 0.717) is 10.6 Å². The van der Waals surface area contributed by atoms with Crippen molar-refractivity contribution in [1.82, 2.24) is 0 Å². The van der Waals surface area contributed by atoms with Gasteiger partial charge in [0.15, 0.2) is 0 Å². The average molecular weight is 317 g/mol. The molecule has 0 fully saturated rings. The molecule has 0 heterocycles. The van der Waals surface area contributed by atoms with Gasteiger partial charge in [0.05, 0.1) is 24.3 Å². The maximum absolute atomic E-state index is 11.7. The van der Waals surface area contributed by atoms with E-state index in [1.54, 1.807) is 0 Å². The zero-order chi connectivity index (χ0) is 15.3. The van der Waals surface area contributed by atoms with Gasteiger partial charge in [-0.05, 0) is 23.8 Å². The van der Waals surface area contributed by atoms with Crippen LogP contribution in [0.1, 0.15) is 5.56 Å². The van der Waals surface area contributed by atoms with Gasteiger partial charge < -0.3 is 9.47 Å². The Morgan fingerprint density at radius 2 is 1.60 bits per heavy atom. The molecule has 1 aromatic carbocycles. The van der Waals surface area contributed by atoms with Gasteiger partial charge in [-0.15, -0.1) is 0 Å². The minimum absolute atomic E-state index is 0.246. The molecule has 0 saturated carbocycles. The summed E-state index contributed by atoms with van der Waals surface area (Å²) in [5, 5.41) is 0.567. The Morgan fingerprint density at radius 3 is 2.10 bits per heavy atom. The molecule has 106 valence electrons. The standard InChI is InChI=1S/C13H10Cl2O5/c1-19-12(17)8(11(16)13(18)20-2)5-7-3-4-9(14)10(15)6-7/h3-6H,1-2H3/b8-5+. The predicted molar refractivity (Wildman–Crippen MR) is 73.5 cm³/mol. The molecule has 0 unspecified atom stereocenters. The third kappa shape index (κ3) is 3.82. The second-order valence-corrected chi connectivity index (χ2v) is 4.36. The molecule has 5 nitrogen and oxygen atoms in total. The van der Waals surface area contributed by atoms with Crippen LogP contribution in [0.25, 0.3) is 6.08 Å². The Morgan fingerprint density at radius 1 is 1.00 bits per heavy atom. The van der Waals surface area contributed by atoms with Crippen molar-refractivity contribution in [2.75, 3.05) is 14.2 Å². The summed E-state index contributed by atoms with van der Waals surface area (Å²) in [6.07, 6.45) is 1.17. The Bertz CT molecular complexity index is 592. The number of carbonyl (C=O) groups is 3. The van der Waals surface area contributed by atoms with Crippen molar-refractivity contribution in [1.29, 1.82) is 0 Å². The second kappa shape index (κ2) is 7.07. The number of ketones is 1. The van der Waals surface area contributed by atoms with E-state index in [1.807, 2.05) is 0 Å². The molecule has 7 heteroatoms. The highest BCUT2D eigenvalue weighted by Gasteiger charge is 2.26. The molecular weight excluding hydrogens is 307 g/mol. The topological polar surface area (TPSA) is 69.7 Å². The first-order valence-corrected chi connectivity index (χ1v) is 6.04. The Balaban J connectivity index is 3.26. The van der Waals surface area contributed by atoms with E-state index in [9.17, 15) is 14.4 Å². The molecule has 0 aliphatic rings. The molecule has 0 radical (unpaired) electrons. The lowest BCUT2D eigenvalue weighted by Gasteiger charge is -2.04. The molecule has 20 heavy (non-hydrogen) atoms. The van der Waals surface area contributed by atoms with Gasteiger partial charge in [-0.25, -0.2) is 9.59 Å². The van der Waals surface area contributed by atoms with Crippen LogP contribution < -0.4 is 0 Å². The van der Waals surface area contributed by atoms with Gasteiger partial charge in [0.2, 0.25) is 0 Å². The van der Waals surface area contributed by atoms with Crippen molar-refractivity contribution in [3.8, 4) is 0 Å². The highest BCUT2D eigenvalue weighted by Crippen LogP contribution is 2.24. The molecule has 0 aliphatic carbocycles. The number of benzene rings is 1. The number of rotatable bonds is 4. The fourth-order valence-corrected chi connectivity index (χ4v) is 1.61. The SMILES string of the molecule is COC(=O)C(=O)/C(=C\c1ccc(Cl)c(Cl)c1)C(=O)OC. The lowest BCUT2D eigenvalue weighted by Crippen LogP contribution is -2.23. The first-order valence-electron chi connectivity index (χ1n) is 5.28. The summed E-state index contributed by atoms with van der Waals surface area (Å²) < 4.78 is 8.74. The van der Waals surface area contributed by atoms with Gasteiger partial charge >= 0.3 is 11.9 Å². The van der Waals surface area contributed by atoms with Crippen LogP contribution in [-0.2, 0) is 23.9 Å². The van der Waals surface area contributed by atoms with Crippen molar-refractivity contribution in [3.05, 3.63) is 39.4 Å². The number of ether oxygens (including phenoxy) is 2. The summed E-state index contributed by atoms with van der Waals surface area (Å²) in [4.78, 5) is 34.5. The van der Waals surface area contributed by atoms with Crippen molar-refractivity contribution in [3.63, 3.8) is 0 Å². The monoisotopic (exact) mass is 316 g/mol. The molecule has 0 aliphatic heterocycles. The Hall–Kier alpha value is -1.85. The first-order chi connectivity index (χ1) is 9.40.